The molecule has 136 valence electrons. The van der Waals surface area contributed by atoms with Crippen LogP contribution in [0.15, 0.2) is 78.9 Å². The summed E-state index contributed by atoms with van der Waals surface area (Å²) in [5.74, 6) is -0.211. The van der Waals surface area contributed by atoms with Crippen molar-refractivity contribution in [3.63, 3.8) is 0 Å². The fraction of sp³-hybridized carbons (Fsp3) is 0.0455. The van der Waals surface area contributed by atoms with Crippen molar-refractivity contribution in [2.24, 2.45) is 0 Å². The number of para-hydroxylation sites is 2. The smallest absolute Gasteiger partial charge is 0.248 e. The number of nitrogen functional groups attached to an aromatic ring is 1. The van der Waals surface area contributed by atoms with Crippen LogP contribution in [0.25, 0.3) is 6.08 Å². The molecule has 0 spiro atoms. The Morgan fingerprint density at radius 2 is 1.67 bits per heavy atom. The second kappa shape index (κ2) is 9.23. The first-order chi connectivity index (χ1) is 13.1. The van der Waals surface area contributed by atoms with Gasteiger partial charge in [0.2, 0.25) is 5.91 Å². The van der Waals surface area contributed by atoms with Crippen molar-refractivity contribution in [2.75, 3.05) is 16.4 Å². The van der Waals surface area contributed by atoms with Crippen molar-refractivity contribution < 1.29 is 4.79 Å². The number of hydrogen-bond donors (Lipinski definition) is 3. The van der Waals surface area contributed by atoms with E-state index in [1.54, 1.807) is 18.2 Å². The van der Waals surface area contributed by atoms with Gasteiger partial charge in [0.05, 0.1) is 11.4 Å². The summed E-state index contributed by atoms with van der Waals surface area (Å²) in [7, 11) is 0. The van der Waals surface area contributed by atoms with Crippen LogP contribution < -0.4 is 16.4 Å². The van der Waals surface area contributed by atoms with E-state index >= 15 is 0 Å². The Morgan fingerprint density at radius 3 is 2.37 bits per heavy atom. The predicted molar refractivity (Wildman–Crippen MR) is 121 cm³/mol. The lowest BCUT2D eigenvalue weighted by Crippen LogP contribution is -2.09. The number of anilines is 3. The zero-order chi connectivity index (χ0) is 19.1. The molecule has 0 radical (unpaired) electrons. The average Bonchev–Trinajstić information content (AvgIpc) is 2.68. The van der Waals surface area contributed by atoms with E-state index < -0.39 is 0 Å². The molecule has 0 atom stereocenters. The Hall–Kier alpha value is -2.80. The second-order valence-electron chi connectivity index (χ2n) is 6.01. The van der Waals surface area contributed by atoms with Crippen molar-refractivity contribution in [3.05, 3.63) is 93.6 Å². The van der Waals surface area contributed by atoms with Gasteiger partial charge in [-0.3, -0.25) is 4.79 Å². The lowest BCUT2D eigenvalue weighted by molar-refractivity contribution is -0.111. The first-order valence-electron chi connectivity index (χ1n) is 8.52. The number of rotatable bonds is 6. The fourth-order valence-electron chi connectivity index (χ4n) is 2.48. The molecule has 4 nitrogen and oxygen atoms in total. The third-order valence-electron chi connectivity index (χ3n) is 3.97. The summed E-state index contributed by atoms with van der Waals surface area (Å²) < 4.78 is 1.22. The maximum Gasteiger partial charge on any atom is 0.248 e. The monoisotopic (exact) mass is 469 g/mol. The quantitative estimate of drug-likeness (QED) is 0.266. The highest BCUT2D eigenvalue weighted by Gasteiger charge is 2.01. The van der Waals surface area contributed by atoms with E-state index in [1.807, 2.05) is 36.4 Å². The van der Waals surface area contributed by atoms with Crippen LogP contribution in [0.5, 0.6) is 0 Å². The lowest BCUT2D eigenvalue weighted by Gasteiger charge is -2.07. The van der Waals surface area contributed by atoms with Gasteiger partial charge in [-0.05, 0) is 76.2 Å². The minimum Gasteiger partial charge on any atom is -0.397 e. The maximum absolute atomic E-state index is 12.0. The molecule has 5 heteroatoms. The largest absolute Gasteiger partial charge is 0.397 e. The van der Waals surface area contributed by atoms with Gasteiger partial charge in [-0.1, -0.05) is 36.4 Å². The predicted octanol–water partition coefficient (Wildman–Crippen LogP) is 5.14. The Morgan fingerprint density at radius 1 is 0.963 bits per heavy atom. The second-order valence-corrected chi connectivity index (χ2v) is 7.26. The van der Waals surface area contributed by atoms with Crippen molar-refractivity contribution in [1.82, 2.24) is 0 Å². The molecular weight excluding hydrogens is 449 g/mol. The number of amides is 1. The molecule has 3 aromatic carbocycles. The lowest BCUT2D eigenvalue weighted by atomic mass is 10.1. The van der Waals surface area contributed by atoms with Crippen LogP contribution in [0, 0.1) is 3.57 Å². The SMILES string of the molecule is Nc1ccccc1NC(=O)/C=C/c1ccc(CNc2ccc(I)cc2)cc1. The standard InChI is InChI=1S/C22H20IN3O/c23-18-10-12-19(13-11-18)25-15-17-7-5-16(6-8-17)9-14-22(27)26-21-4-2-1-3-20(21)24/h1-14,25H,15,24H2,(H,26,27)/b14-9+. The topological polar surface area (TPSA) is 67.1 Å². The third-order valence-corrected chi connectivity index (χ3v) is 4.69. The van der Waals surface area contributed by atoms with Crippen LogP contribution in [0.2, 0.25) is 0 Å². The number of halogens is 1. The van der Waals surface area contributed by atoms with Gasteiger partial charge in [0, 0.05) is 21.9 Å². The van der Waals surface area contributed by atoms with Crippen molar-refractivity contribution >= 4 is 51.6 Å². The number of carbonyl (C=O) groups excluding carboxylic acids is 1. The average molecular weight is 469 g/mol. The Balaban J connectivity index is 1.53. The van der Waals surface area contributed by atoms with Crippen LogP contribution in [0.3, 0.4) is 0 Å². The van der Waals surface area contributed by atoms with E-state index in [4.69, 9.17) is 5.73 Å². The summed E-state index contributed by atoms with van der Waals surface area (Å²) in [4.78, 5) is 12.0. The molecule has 3 aromatic rings. The van der Waals surface area contributed by atoms with E-state index in [-0.39, 0.29) is 5.91 Å². The summed E-state index contributed by atoms with van der Waals surface area (Å²) in [5.41, 5.74) is 10.2. The summed E-state index contributed by atoms with van der Waals surface area (Å²) in [6.07, 6.45) is 3.29. The van der Waals surface area contributed by atoms with Gasteiger partial charge in [0.15, 0.2) is 0 Å². The zero-order valence-electron chi connectivity index (χ0n) is 14.7. The molecule has 1 amide bonds. The number of benzene rings is 3. The van der Waals surface area contributed by atoms with Gasteiger partial charge in [-0.15, -0.1) is 0 Å². The van der Waals surface area contributed by atoms with E-state index in [1.165, 1.54) is 15.2 Å². The molecule has 0 heterocycles. The molecule has 0 saturated heterocycles. The summed E-state index contributed by atoms with van der Waals surface area (Å²) in [6, 6.07) is 23.5. The minimum absolute atomic E-state index is 0.211. The molecule has 0 bridgehead atoms. The molecule has 4 N–H and O–H groups in total. The van der Waals surface area contributed by atoms with Gasteiger partial charge < -0.3 is 16.4 Å². The van der Waals surface area contributed by atoms with E-state index in [9.17, 15) is 4.79 Å². The van der Waals surface area contributed by atoms with Crippen LogP contribution >= 0.6 is 22.6 Å². The van der Waals surface area contributed by atoms with Crippen molar-refractivity contribution in [3.8, 4) is 0 Å². The van der Waals surface area contributed by atoms with E-state index in [0.717, 1.165) is 17.8 Å². The Bertz CT molecular complexity index is 935. The first-order valence-corrected chi connectivity index (χ1v) is 9.60. The molecule has 3 rings (SSSR count). The zero-order valence-corrected chi connectivity index (χ0v) is 16.8. The fourth-order valence-corrected chi connectivity index (χ4v) is 2.84. The Kier molecular flexibility index (Phi) is 6.49. The molecular formula is C22H20IN3O. The molecule has 0 aliphatic carbocycles. The molecule has 0 aliphatic heterocycles. The van der Waals surface area contributed by atoms with E-state index in [0.29, 0.717) is 11.4 Å². The highest BCUT2D eigenvalue weighted by atomic mass is 127. The third kappa shape index (κ3) is 5.86. The van der Waals surface area contributed by atoms with Gasteiger partial charge in [0.1, 0.15) is 0 Å². The van der Waals surface area contributed by atoms with Gasteiger partial charge in [-0.25, -0.2) is 0 Å². The molecule has 0 aromatic heterocycles. The van der Waals surface area contributed by atoms with Crippen LogP contribution in [-0.2, 0) is 11.3 Å². The molecule has 0 unspecified atom stereocenters. The number of nitrogens with one attached hydrogen (secondary N) is 2. The van der Waals surface area contributed by atoms with Gasteiger partial charge >= 0.3 is 0 Å². The van der Waals surface area contributed by atoms with Crippen LogP contribution in [0.4, 0.5) is 17.1 Å². The molecule has 0 aliphatic rings. The molecule has 27 heavy (non-hydrogen) atoms. The number of hydrogen-bond acceptors (Lipinski definition) is 3. The highest BCUT2D eigenvalue weighted by molar-refractivity contribution is 14.1. The summed E-state index contributed by atoms with van der Waals surface area (Å²) in [5, 5.41) is 6.17. The normalized spacial score (nSPS) is 10.7. The molecule has 0 saturated carbocycles. The summed E-state index contributed by atoms with van der Waals surface area (Å²) >= 11 is 2.29. The minimum atomic E-state index is -0.211. The van der Waals surface area contributed by atoms with Crippen LogP contribution in [0.1, 0.15) is 11.1 Å². The Labute approximate surface area is 172 Å². The van der Waals surface area contributed by atoms with Crippen molar-refractivity contribution in [2.45, 2.75) is 6.54 Å². The van der Waals surface area contributed by atoms with Gasteiger partial charge in [0.25, 0.3) is 0 Å². The summed E-state index contributed by atoms with van der Waals surface area (Å²) in [6.45, 7) is 0.748. The molecule has 0 fully saturated rings. The number of nitrogens with two attached hydrogens (primary N) is 1. The maximum atomic E-state index is 12.0. The van der Waals surface area contributed by atoms with E-state index in [2.05, 4.69) is 57.5 Å². The number of carbonyl (C=O) groups is 1. The van der Waals surface area contributed by atoms with Crippen LogP contribution in [-0.4, -0.2) is 5.91 Å². The van der Waals surface area contributed by atoms with Crippen molar-refractivity contribution in [1.29, 1.82) is 0 Å². The highest BCUT2D eigenvalue weighted by Crippen LogP contribution is 2.17. The van der Waals surface area contributed by atoms with Gasteiger partial charge in [-0.2, -0.15) is 0 Å². The first kappa shape index (κ1) is 19.0.